The third-order valence-corrected chi connectivity index (χ3v) is 3.90. The SMILES string of the molecule is CC(=O)Nc1cc(NC(=O)COc2ccc(C)cc2Br)ccc1C. The Morgan fingerprint density at radius 3 is 2.50 bits per heavy atom. The Labute approximate surface area is 149 Å². The molecule has 2 aromatic carbocycles. The zero-order valence-corrected chi connectivity index (χ0v) is 15.4. The highest BCUT2D eigenvalue weighted by atomic mass is 79.9. The van der Waals surface area contributed by atoms with Crippen LogP contribution in [0, 0.1) is 13.8 Å². The molecule has 2 aromatic rings. The number of aryl methyl sites for hydroxylation is 2. The van der Waals surface area contributed by atoms with Crippen molar-refractivity contribution < 1.29 is 14.3 Å². The highest BCUT2D eigenvalue weighted by molar-refractivity contribution is 9.10. The van der Waals surface area contributed by atoms with Crippen LogP contribution < -0.4 is 15.4 Å². The van der Waals surface area contributed by atoms with Gasteiger partial charge in [0.05, 0.1) is 4.47 Å². The summed E-state index contributed by atoms with van der Waals surface area (Å²) in [4.78, 5) is 23.2. The van der Waals surface area contributed by atoms with E-state index >= 15 is 0 Å². The van der Waals surface area contributed by atoms with Gasteiger partial charge in [-0.25, -0.2) is 0 Å². The summed E-state index contributed by atoms with van der Waals surface area (Å²) in [6.07, 6.45) is 0. The molecule has 0 saturated carbocycles. The van der Waals surface area contributed by atoms with E-state index in [4.69, 9.17) is 4.74 Å². The fourth-order valence-electron chi connectivity index (χ4n) is 2.09. The lowest BCUT2D eigenvalue weighted by Crippen LogP contribution is -2.20. The summed E-state index contributed by atoms with van der Waals surface area (Å²) < 4.78 is 6.32. The molecule has 6 heteroatoms. The maximum atomic E-state index is 12.0. The zero-order chi connectivity index (χ0) is 17.7. The van der Waals surface area contributed by atoms with Gasteiger partial charge in [0.2, 0.25) is 5.91 Å². The van der Waals surface area contributed by atoms with Crippen molar-refractivity contribution in [3.63, 3.8) is 0 Å². The molecule has 0 heterocycles. The van der Waals surface area contributed by atoms with Gasteiger partial charge in [-0.05, 0) is 65.2 Å². The average molecular weight is 391 g/mol. The molecule has 0 saturated heterocycles. The molecular formula is C18H19BrN2O3. The van der Waals surface area contributed by atoms with Crippen molar-refractivity contribution in [1.29, 1.82) is 0 Å². The number of anilines is 2. The molecule has 2 N–H and O–H groups in total. The van der Waals surface area contributed by atoms with E-state index in [1.165, 1.54) is 6.92 Å². The number of halogens is 1. The van der Waals surface area contributed by atoms with E-state index < -0.39 is 0 Å². The number of rotatable bonds is 5. The van der Waals surface area contributed by atoms with E-state index in [9.17, 15) is 9.59 Å². The molecule has 0 radical (unpaired) electrons. The van der Waals surface area contributed by atoms with Crippen LogP contribution in [0.2, 0.25) is 0 Å². The van der Waals surface area contributed by atoms with E-state index in [0.29, 0.717) is 17.1 Å². The second kappa shape index (κ2) is 7.97. The first-order valence-corrected chi connectivity index (χ1v) is 8.21. The van der Waals surface area contributed by atoms with Gasteiger partial charge in [-0.2, -0.15) is 0 Å². The van der Waals surface area contributed by atoms with Crippen LogP contribution in [-0.4, -0.2) is 18.4 Å². The molecule has 0 atom stereocenters. The van der Waals surface area contributed by atoms with Crippen LogP contribution in [0.3, 0.4) is 0 Å². The highest BCUT2D eigenvalue weighted by Crippen LogP contribution is 2.26. The molecule has 24 heavy (non-hydrogen) atoms. The van der Waals surface area contributed by atoms with Crippen molar-refractivity contribution >= 4 is 39.1 Å². The monoisotopic (exact) mass is 390 g/mol. The highest BCUT2D eigenvalue weighted by Gasteiger charge is 2.08. The molecule has 0 bridgehead atoms. The summed E-state index contributed by atoms with van der Waals surface area (Å²) >= 11 is 3.41. The molecule has 0 aliphatic heterocycles. The molecule has 5 nitrogen and oxygen atoms in total. The van der Waals surface area contributed by atoms with E-state index in [2.05, 4.69) is 26.6 Å². The Morgan fingerprint density at radius 2 is 1.83 bits per heavy atom. The smallest absolute Gasteiger partial charge is 0.262 e. The van der Waals surface area contributed by atoms with Crippen LogP contribution in [0.5, 0.6) is 5.75 Å². The van der Waals surface area contributed by atoms with Crippen molar-refractivity contribution in [3.8, 4) is 5.75 Å². The predicted octanol–water partition coefficient (Wildman–Crippen LogP) is 4.04. The summed E-state index contributed by atoms with van der Waals surface area (Å²) in [5.41, 5.74) is 3.29. The van der Waals surface area contributed by atoms with Gasteiger partial charge in [-0.1, -0.05) is 12.1 Å². The lowest BCUT2D eigenvalue weighted by atomic mass is 10.1. The Kier molecular flexibility index (Phi) is 5.98. The summed E-state index contributed by atoms with van der Waals surface area (Å²) in [6, 6.07) is 11.0. The minimum absolute atomic E-state index is 0.106. The number of amides is 2. The second-order valence-electron chi connectivity index (χ2n) is 5.48. The molecule has 0 aliphatic rings. The van der Waals surface area contributed by atoms with Crippen LogP contribution in [0.4, 0.5) is 11.4 Å². The third kappa shape index (κ3) is 5.09. The second-order valence-corrected chi connectivity index (χ2v) is 6.34. The molecule has 0 fully saturated rings. The quantitative estimate of drug-likeness (QED) is 0.809. The van der Waals surface area contributed by atoms with E-state index in [1.54, 1.807) is 12.1 Å². The molecular weight excluding hydrogens is 372 g/mol. The average Bonchev–Trinajstić information content (AvgIpc) is 2.49. The maximum absolute atomic E-state index is 12.0. The number of benzene rings is 2. The zero-order valence-electron chi connectivity index (χ0n) is 13.8. The summed E-state index contributed by atoms with van der Waals surface area (Å²) in [5.74, 6) is 0.174. The lowest BCUT2D eigenvalue weighted by Gasteiger charge is -2.12. The van der Waals surface area contributed by atoms with E-state index in [1.807, 2.05) is 38.1 Å². The number of ether oxygens (including phenoxy) is 1. The fourth-order valence-corrected chi connectivity index (χ4v) is 2.70. The summed E-state index contributed by atoms with van der Waals surface area (Å²) in [7, 11) is 0. The topological polar surface area (TPSA) is 67.4 Å². The van der Waals surface area contributed by atoms with Gasteiger partial charge >= 0.3 is 0 Å². The van der Waals surface area contributed by atoms with Gasteiger partial charge in [0, 0.05) is 18.3 Å². The number of hydrogen-bond acceptors (Lipinski definition) is 3. The molecule has 2 rings (SSSR count). The number of nitrogens with one attached hydrogen (secondary N) is 2. The Hall–Kier alpha value is -2.34. The van der Waals surface area contributed by atoms with Crippen molar-refractivity contribution in [1.82, 2.24) is 0 Å². The number of carbonyl (C=O) groups is 2. The van der Waals surface area contributed by atoms with Crippen molar-refractivity contribution in [2.45, 2.75) is 20.8 Å². The number of carbonyl (C=O) groups excluding carboxylic acids is 2. The first kappa shape index (κ1) is 18.0. The molecule has 0 aromatic heterocycles. The third-order valence-electron chi connectivity index (χ3n) is 3.28. The normalized spacial score (nSPS) is 10.2. The van der Waals surface area contributed by atoms with Crippen molar-refractivity contribution in [3.05, 3.63) is 52.0 Å². The summed E-state index contributed by atoms with van der Waals surface area (Å²) in [6.45, 7) is 5.20. The first-order valence-electron chi connectivity index (χ1n) is 7.42. The van der Waals surface area contributed by atoms with E-state index in [-0.39, 0.29) is 18.4 Å². The molecule has 0 aliphatic carbocycles. The van der Waals surface area contributed by atoms with Crippen LogP contribution in [0.1, 0.15) is 18.1 Å². The van der Waals surface area contributed by atoms with Crippen LogP contribution in [-0.2, 0) is 9.59 Å². The number of hydrogen-bond donors (Lipinski definition) is 2. The molecule has 0 spiro atoms. The predicted molar refractivity (Wildman–Crippen MR) is 98.5 cm³/mol. The lowest BCUT2D eigenvalue weighted by molar-refractivity contribution is -0.118. The minimum Gasteiger partial charge on any atom is -0.483 e. The van der Waals surface area contributed by atoms with Crippen molar-refractivity contribution in [2.24, 2.45) is 0 Å². The standard InChI is InChI=1S/C18H19BrN2O3/c1-11-4-7-17(15(19)8-11)24-10-18(23)21-14-6-5-12(2)16(9-14)20-13(3)22/h4-9H,10H2,1-3H3,(H,20,22)(H,21,23). The molecule has 0 unspecified atom stereocenters. The Morgan fingerprint density at radius 1 is 1.08 bits per heavy atom. The maximum Gasteiger partial charge on any atom is 0.262 e. The van der Waals surface area contributed by atoms with Gasteiger partial charge in [0.15, 0.2) is 6.61 Å². The molecule has 126 valence electrons. The minimum atomic E-state index is -0.278. The fraction of sp³-hybridized carbons (Fsp3) is 0.222. The largest absolute Gasteiger partial charge is 0.483 e. The van der Waals surface area contributed by atoms with Gasteiger partial charge in [-0.3, -0.25) is 9.59 Å². The van der Waals surface area contributed by atoms with Gasteiger partial charge in [0.25, 0.3) is 5.91 Å². The Bertz CT molecular complexity index is 775. The van der Waals surface area contributed by atoms with Crippen LogP contribution in [0.25, 0.3) is 0 Å². The summed E-state index contributed by atoms with van der Waals surface area (Å²) in [5, 5.41) is 5.48. The van der Waals surface area contributed by atoms with Gasteiger partial charge < -0.3 is 15.4 Å². The van der Waals surface area contributed by atoms with Crippen LogP contribution in [0.15, 0.2) is 40.9 Å². The Balaban J connectivity index is 1.98. The van der Waals surface area contributed by atoms with E-state index in [0.717, 1.165) is 15.6 Å². The van der Waals surface area contributed by atoms with Gasteiger partial charge in [-0.15, -0.1) is 0 Å². The van der Waals surface area contributed by atoms with Crippen LogP contribution >= 0.6 is 15.9 Å². The first-order chi connectivity index (χ1) is 11.3. The van der Waals surface area contributed by atoms with Crippen molar-refractivity contribution in [2.75, 3.05) is 17.2 Å². The molecule has 2 amide bonds. The van der Waals surface area contributed by atoms with Gasteiger partial charge in [0.1, 0.15) is 5.75 Å².